The van der Waals surface area contributed by atoms with Crippen molar-refractivity contribution in [1.82, 2.24) is 0 Å². The Labute approximate surface area is 131 Å². The van der Waals surface area contributed by atoms with Crippen LogP contribution in [0.5, 0.6) is 0 Å². The van der Waals surface area contributed by atoms with Crippen LogP contribution in [0.3, 0.4) is 0 Å². The van der Waals surface area contributed by atoms with E-state index < -0.39 is 23.6 Å². The Morgan fingerprint density at radius 1 is 1.27 bits per heavy atom. The van der Waals surface area contributed by atoms with E-state index in [9.17, 15) is 14.4 Å². The fourth-order valence-corrected chi connectivity index (χ4v) is 1.89. The van der Waals surface area contributed by atoms with Gasteiger partial charge in [0, 0.05) is 25.6 Å². The highest BCUT2D eigenvalue weighted by Crippen LogP contribution is 2.25. The molecule has 22 heavy (non-hydrogen) atoms. The van der Waals surface area contributed by atoms with Crippen LogP contribution >= 0.6 is 11.6 Å². The van der Waals surface area contributed by atoms with Gasteiger partial charge >= 0.3 is 11.9 Å². The number of carbonyl (C=O) groups excluding carboxylic acids is 3. The van der Waals surface area contributed by atoms with Crippen LogP contribution in [-0.4, -0.2) is 23.6 Å². The summed E-state index contributed by atoms with van der Waals surface area (Å²) in [6.45, 7) is 2.89. The van der Waals surface area contributed by atoms with Crippen molar-refractivity contribution in [1.29, 1.82) is 0 Å². The number of esters is 2. The topological polar surface area (TPSA) is 108 Å². The van der Waals surface area contributed by atoms with Crippen LogP contribution in [0.2, 0.25) is 5.02 Å². The summed E-state index contributed by atoms with van der Waals surface area (Å²) in [5.74, 6) is -3.59. The lowest BCUT2D eigenvalue weighted by Gasteiger charge is -2.29. The number of benzene rings is 1. The summed E-state index contributed by atoms with van der Waals surface area (Å²) >= 11 is 5.96. The van der Waals surface area contributed by atoms with E-state index in [1.807, 2.05) is 0 Å². The molecule has 8 heteroatoms. The molecule has 1 saturated heterocycles. The molecule has 116 valence electrons. The van der Waals surface area contributed by atoms with Crippen molar-refractivity contribution in [3.63, 3.8) is 0 Å². The quantitative estimate of drug-likeness (QED) is 0.496. The van der Waals surface area contributed by atoms with Crippen molar-refractivity contribution in [2.45, 2.75) is 19.6 Å². The van der Waals surface area contributed by atoms with Crippen LogP contribution in [0.25, 0.3) is 0 Å². The monoisotopic (exact) mass is 324 g/mol. The number of rotatable bonds is 3. The third-order valence-electron chi connectivity index (χ3n) is 2.74. The SMILES string of the molecule is CC1(C)OC(=O)C(=CNc2cc(C(N)=O)ccc2Cl)C(=O)O1. The van der Waals surface area contributed by atoms with E-state index in [2.05, 4.69) is 5.32 Å². The molecule has 0 spiro atoms. The molecular formula is C14H13ClN2O5. The van der Waals surface area contributed by atoms with Crippen LogP contribution in [0.4, 0.5) is 5.69 Å². The third kappa shape index (κ3) is 3.37. The first kappa shape index (κ1) is 15.8. The Morgan fingerprint density at radius 2 is 1.86 bits per heavy atom. The van der Waals surface area contributed by atoms with E-state index in [1.165, 1.54) is 32.0 Å². The van der Waals surface area contributed by atoms with Gasteiger partial charge < -0.3 is 20.5 Å². The van der Waals surface area contributed by atoms with Gasteiger partial charge in [-0.2, -0.15) is 0 Å². The zero-order valence-electron chi connectivity index (χ0n) is 11.8. The summed E-state index contributed by atoms with van der Waals surface area (Å²) in [5, 5.41) is 2.94. The largest absolute Gasteiger partial charge is 0.419 e. The van der Waals surface area contributed by atoms with E-state index in [1.54, 1.807) is 0 Å². The average Bonchev–Trinajstić information content (AvgIpc) is 2.38. The number of hydrogen-bond donors (Lipinski definition) is 2. The molecule has 0 atom stereocenters. The van der Waals surface area contributed by atoms with Gasteiger partial charge in [0.1, 0.15) is 0 Å². The summed E-state index contributed by atoms with van der Waals surface area (Å²) in [6.07, 6.45) is 1.10. The maximum absolute atomic E-state index is 11.8. The second-order valence-corrected chi connectivity index (χ2v) is 5.35. The molecule has 1 heterocycles. The fourth-order valence-electron chi connectivity index (χ4n) is 1.72. The Hall–Kier alpha value is -2.54. The molecule has 0 saturated carbocycles. The number of carbonyl (C=O) groups is 3. The molecule has 1 aromatic rings. The van der Waals surface area contributed by atoms with E-state index in [-0.39, 0.29) is 16.2 Å². The number of primary amides is 1. The average molecular weight is 325 g/mol. The van der Waals surface area contributed by atoms with Crippen molar-refractivity contribution in [3.8, 4) is 0 Å². The van der Waals surface area contributed by atoms with E-state index in [0.717, 1.165) is 6.20 Å². The first-order valence-electron chi connectivity index (χ1n) is 6.22. The smallest absolute Gasteiger partial charge is 0.350 e. The highest BCUT2D eigenvalue weighted by atomic mass is 35.5. The number of halogens is 1. The number of nitrogens with two attached hydrogens (primary N) is 1. The summed E-state index contributed by atoms with van der Waals surface area (Å²) in [4.78, 5) is 34.7. The second kappa shape index (κ2) is 5.69. The van der Waals surface area contributed by atoms with Gasteiger partial charge in [0.05, 0.1) is 10.7 Å². The molecular weight excluding hydrogens is 312 g/mol. The number of cyclic esters (lactones) is 2. The number of hydrogen-bond acceptors (Lipinski definition) is 6. The summed E-state index contributed by atoms with van der Waals surface area (Å²) in [6, 6.07) is 4.31. The number of anilines is 1. The van der Waals surface area contributed by atoms with Crippen LogP contribution in [0.15, 0.2) is 30.0 Å². The molecule has 1 aromatic carbocycles. The summed E-state index contributed by atoms with van der Waals surface area (Å²) in [5.41, 5.74) is 5.38. The van der Waals surface area contributed by atoms with Gasteiger partial charge in [-0.15, -0.1) is 0 Å². The normalized spacial score (nSPS) is 16.6. The highest BCUT2D eigenvalue weighted by Gasteiger charge is 2.38. The molecule has 0 radical (unpaired) electrons. The lowest BCUT2D eigenvalue weighted by atomic mass is 10.2. The van der Waals surface area contributed by atoms with E-state index in [4.69, 9.17) is 26.8 Å². The maximum Gasteiger partial charge on any atom is 0.350 e. The minimum Gasteiger partial charge on any atom is -0.419 e. The zero-order chi connectivity index (χ0) is 16.5. The van der Waals surface area contributed by atoms with Crippen molar-refractivity contribution in [2.24, 2.45) is 5.73 Å². The first-order valence-corrected chi connectivity index (χ1v) is 6.60. The molecule has 1 aliphatic rings. The highest BCUT2D eigenvalue weighted by molar-refractivity contribution is 6.33. The van der Waals surface area contributed by atoms with Gasteiger partial charge in [-0.3, -0.25) is 4.79 Å². The van der Waals surface area contributed by atoms with Gasteiger partial charge in [0.2, 0.25) is 5.91 Å². The van der Waals surface area contributed by atoms with Gasteiger partial charge in [-0.25, -0.2) is 9.59 Å². The molecule has 1 amide bonds. The number of amides is 1. The Bertz CT molecular complexity index is 674. The number of ether oxygens (including phenoxy) is 2. The predicted molar refractivity (Wildman–Crippen MR) is 77.9 cm³/mol. The van der Waals surface area contributed by atoms with Crippen LogP contribution in [-0.2, 0) is 19.1 Å². The van der Waals surface area contributed by atoms with Crippen molar-refractivity contribution >= 4 is 35.1 Å². The van der Waals surface area contributed by atoms with Gasteiger partial charge in [-0.1, -0.05) is 11.6 Å². The zero-order valence-corrected chi connectivity index (χ0v) is 12.6. The maximum atomic E-state index is 11.8. The minimum atomic E-state index is -1.31. The molecule has 0 unspecified atom stereocenters. The summed E-state index contributed by atoms with van der Waals surface area (Å²) < 4.78 is 9.88. The Morgan fingerprint density at radius 3 is 2.41 bits per heavy atom. The first-order chi connectivity index (χ1) is 10.2. The van der Waals surface area contributed by atoms with Crippen LogP contribution in [0.1, 0.15) is 24.2 Å². The molecule has 7 nitrogen and oxygen atoms in total. The van der Waals surface area contributed by atoms with E-state index in [0.29, 0.717) is 5.69 Å². The third-order valence-corrected chi connectivity index (χ3v) is 3.07. The fraction of sp³-hybridized carbons (Fsp3) is 0.214. The van der Waals surface area contributed by atoms with Crippen LogP contribution in [0, 0.1) is 0 Å². The van der Waals surface area contributed by atoms with Crippen molar-refractivity contribution < 1.29 is 23.9 Å². The lowest BCUT2D eigenvalue weighted by molar-refractivity contribution is -0.222. The van der Waals surface area contributed by atoms with Gasteiger partial charge in [0.25, 0.3) is 5.79 Å². The standard InChI is InChI=1S/C14H13ClN2O5/c1-14(2)21-12(19)8(13(20)22-14)6-17-10-5-7(11(16)18)3-4-9(10)15/h3-6,17H,1-2H3,(H2,16,18). The molecule has 1 aliphatic heterocycles. The molecule has 3 N–H and O–H groups in total. The molecule has 0 aromatic heterocycles. The Balaban J connectivity index is 2.25. The van der Waals surface area contributed by atoms with E-state index >= 15 is 0 Å². The lowest BCUT2D eigenvalue weighted by Crippen LogP contribution is -2.42. The van der Waals surface area contributed by atoms with Gasteiger partial charge in [-0.05, 0) is 18.2 Å². The van der Waals surface area contributed by atoms with Crippen LogP contribution < -0.4 is 11.1 Å². The number of nitrogens with one attached hydrogen (secondary N) is 1. The van der Waals surface area contributed by atoms with Crippen molar-refractivity contribution in [3.05, 3.63) is 40.6 Å². The molecule has 2 rings (SSSR count). The summed E-state index contributed by atoms with van der Waals surface area (Å²) in [7, 11) is 0. The molecule has 1 fully saturated rings. The second-order valence-electron chi connectivity index (χ2n) is 4.94. The molecule has 0 aliphatic carbocycles. The van der Waals surface area contributed by atoms with Crippen molar-refractivity contribution in [2.75, 3.05) is 5.32 Å². The predicted octanol–water partition coefficient (Wildman–Crippen LogP) is 1.57. The van der Waals surface area contributed by atoms with Gasteiger partial charge in [0.15, 0.2) is 5.57 Å². The minimum absolute atomic E-state index is 0.222. The Kier molecular flexibility index (Phi) is 4.09. The molecule has 0 bridgehead atoms.